The molecule has 2 heterocycles. The van der Waals surface area contributed by atoms with Gasteiger partial charge in [-0.25, -0.2) is 0 Å². The molecule has 2 unspecified atom stereocenters. The fourth-order valence-corrected chi connectivity index (χ4v) is 4.59. The highest BCUT2D eigenvalue weighted by Crippen LogP contribution is 2.38. The highest BCUT2D eigenvalue weighted by Gasteiger charge is 2.51. The van der Waals surface area contributed by atoms with E-state index in [9.17, 15) is 14.4 Å². The Bertz CT molecular complexity index is 888. The lowest BCUT2D eigenvalue weighted by Crippen LogP contribution is -2.54. The van der Waals surface area contributed by atoms with Gasteiger partial charge in [0.05, 0.1) is 19.0 Å². The van der Waals surface area contributed by atoms with E-state index in [1.165, 1.54) is 0 Å². The first-order valence-corrected chi connectivity index (χ1v) is 11.7. The maximum atomic E-state index is 12.8. The average Bonchev–Trinajstić information content (AvgIpc) is 2.98. The second-order valence-electron chi connectivity index (χ2n) is 7.74. The van der Waals surface area contributed by atoms with Crippen LogP contribution in [0.2, 0.25) is 0 Å². The summed E-state index contributed by atoms with van der Waals surface area (Å²) >= 11 is 1.03. The van der Waals surface area contributed by atoms with Gasteiger partial charge in [-0.05, 0) is 30.9 Å². The molecular formula is C22H29N3O5S. The SMILES string of the molecule is CCCC(C)C1(CC)C(=O)N=C(SCC(=O)Nc2ccc3c(c2)OCCCO3)NC1=O. The zero-order valence-electron chi connectivity index (χ0n) is 18.2. The van der Waals surface area contributed by atoms with Crippen molar-refractivity contribution in [3.8, 4) is 11.5 Å². The number of amidine groups is 1. The molecule has 2 aliphatic heterocycles. The summed E-state index contributed by atoms with van der Waals surface area (Å²) in [4.78, 5) is 42.1. The van der Waals surface area contributed by atoms with Crippen molar-refractivity contribution in [2.75, 3.05) is 24.3 Å². The molecule has 0 aliphatic carbocycles. The predicted molar refractivity (Wildman–Crippen MR) is 121 cm³/mol. The van der Waals surface area contributed by atoms with E-state index in [0.29, 0.717) is 36.8 Å². The number of carbonyl (C=O) groups is 3. The van der Waals surface area contributed by atoms with E-state index in [-0.39, 0.29) is 28.7 Å². The number of fused-ring (bicyclic) bond motifs is 1. The number of benzene rings is 1. The van der Waals surface area contributed by atoms with Crippen LogP contribution in [0.4, 0.5) is 5.69 Å². The van der Waals surface area contributed by atoms with E-state index in [1.54, 1.807) is 18.2 Å². The second-order valence-corrected chi connectivity index (χ2v) is 8.70. The van der Waals surface area contributed by atoms with Gasteiger partial charge in [0.2, 0.25) is 11.8 Å². The average molecular weight is 448 g/mol. The largest absolute Gasteiger partial charge is 0.490 e. The highest BCUT2D eigenvalue weighted by molar-refractivity contribution is 8.14. The van der Waals surface area contributed by atoms with Crippen LogP contribution < -0.4 is 20.1 Å². The number of hydrogen-bond donors (Lipinski definition) is 2. The number of ether oxygens (including phenoxy) is 2. The van der Waals surface area contributed by atoms with Gasteiger partial charge >= 0.3 is 0 Å². The molecule has 31 heavy (non-hydrogen) atoms. The molecule has 8 nitrogen and oxygen atoms in total. The van der Waals surface area contributed by atoms with Gasteiger partial charge in [0, 0.05) is 18.2 Å². The summed E-state index contributed by atoms with van der Waals surface area (Å²) in [5.74, 6) is 0.106. The lowest BCUT2D eigenvalue weighted by Gasteiger charge is -2.36. The summed E-state index contributed by atoms with van der Waals surface area (Å²) in [5, 5.41) is 5.68. The van der Waals surface area contributed by atoms with E-state index < -0.39 is 11.3 Å². The van der Waals surface area contributed by atoms with E-state index in [4.69, 9.17) is 9.47 Å². The van der Waals surface area contributed by atoms with Crippen LogP contribution in [-0.2, 0) is 14.4 Å². The summed E-state index contributed by atoms with van der Waals surface area (Å²) in [5.41, 5.74) is -0.550. The Morgan fingerprint density at radius 2 is 2.00 bits per heavy atom. The van der Waals surface area contributed by atoms with Gasteiger partial charge in [-0.1, -0.05) is 39.0 Å². The number of amides is 3. The zero-order chi connectivity index (χ0) is 22.4. The van der Waals surface area contributed by atoms with E-state index in [2.05, 4.69) is 15.6 Å². The minimum atomic E-state index is -1.13. The fourth-order valence-electron chi connectivity index (χ4n) is 3.94. The van der Waals surface area contributed by atoms with Crippen molar-refractivity contribution in [1.82, 2.24) is 5.32 Å². The number of thioether (sulfide) groups is 1. The molecule has 2 aliphatic rings. The zero-order valence-corrected chi connectivity index (χ0v) is 19.0. The van der Waals surface area contributed by atoms with Gasteiger partial charge in [0.25, 0.3) is 5.91 Å². The first-order valence-electron chi connectivity index (χ1n) is 10.7. The topological polar surface area (TPSA) is 106 Å². The van der Waals surface area contributed by atoms with Crippen LogP contribution in [0, 0.1) is 11.3 Å². The van der Waals surface area contributed by atoms with Crippen molar-refractivity contribution in [2.24, 2.45) is 16.3 Å². The minimum absolute atomic E-state index is 0.00444. The van der Waals surface area contributed by atoms with Gasteiger partial charge in [-0.2, -0.15) is 4.99 Å². The molecular weight excluding hydrogens is 418 g/mol. The summed E-state index contributed by atoms with van der Waals surface area (Å²) < 4.78 is 11.2. The third kappa shape index (κ3) is 5.03. The molecule has 0 spiro atoms. The van der Waals surface area contributed by atoms with Crippen LogP contribution in [0.15, 0.2) is 23.2 Å². The van der Waals surface area contributed by atoms with Gasteiger partial charge in [0.1, 0.15) is 5.41 Å². The normalized spacial score (nSPS) is 21.6. The summed E-state index contributed by atoms with van der Waals surface area (Å²) in [6.07, 6.45) is 2.85. The van der Waals surface area contributed by atoms with Gasteiger partial charge in [0.15, 0.2) is 16.7 Å². The van der Waals surface area contributed by atoms with Crippen molar-refractivity contribution in [2.45, 2.75) is 46.5 Å². The lowest BCUT2D eigenvalue weighted by atomic mass is 9.70. The number of nitrogens with one attached hydrogen (secondary N) is 2. The van der Waals surface area contributed by atoms with E-state index >= 15 is 0 Å². The molecule has 3 amide bonds. The Balaban J connectivity index is 1.61. The Morgan fingerprint density at radius 1 is 1.26 bits per heavy atom. The van der Waals surface area contributed by atoms with Crippen LogP contribution in [-0.4, -0.2) is 41.9 Å². The van der Waals surface area contributed by atoms with Crippen LogP contribution in [0.1, 0.15) is 46.5 Å². The van der Waals surface area contributed by atoms with Gasteiger partial charge in [-0.3, -0.25) is 14.4 Å². The number of hydrogen-bond acceptors (Lipinski definition) is 6. The Hall–Kier alpha value is -2.55. The lowest BCUT2D eigenvalue weighted by molar-refractivity contribution is -0.145. The molecule has 0 radical (unpaired) electrons. The van der Waals surface area contributed by atoms with Gasteiger partial charge < -0.3 is 20.1 Å². The monoisotopic (exact) mass is 447 g/mol. The third-order valence-electron chi connectivity index (χ3n) is 5.70. The quantitative estimate of drug-likeness (QED) is 0.621. The summed E-state index contributed by atoms with van der Waals surface area (Å²) in [6, 6.07) is 5.22. The Kier molecular flexibility index (Phi) is 7.59. The van der Waals surface area contributed by atoms with Crippen molar-refractivity contribution in [3.63, 3.8) is 0 Å². The van der Waals surface area contributed by atoms with Crippen molar-refractivity contribution in [1.29, 1.82) is 0 Å². The highest BCUT2D eigenvalue weighted by atomic mass is 32.2. The molecule has 1 aromatic rings. The van der Waals surface area contributed by atoms with Gasteiger partial charge in [-0.15, -0.1) is 0 Å². The molecule has 1 aromatic carbocycles. The van der Waals surface area contributed by atoms with Crippen LogP contribution >= 0.6 is 11.8 Å². The first-order chi connectivity index (χ1) is 14.9. The predicted octanol–water partition coefficient (Wildman–Crippen LogP) is 3.36. The Labute approximate surface area is 186 Å². The fraction of sp³-hybridized carbons (Fsp3) is 0.545. The second kappa shape index (κ2) is 10.2. The molecule has 2 N–H and O–H groups in total. The van der Waals surface area contributed by atoms with Crippen molar-refractivity contribution in [3.05, 3.63) is 18.2 Å². The molecule has 2 atom stereocenters. The molecule has 0 saturated heterocycles. The summed E-state index contributed by atoms with van der Waals surface area (Å²) in [6.45, 7) is 6.93. The smallest absolute Gasteiger partial charge is 0.264 e. The number of carbonyl (C=O) groups excluding carboxylic acids is 3. The molecule has 0 saturated carbocycles. The molecule has 3 rings (SSSR count). The molecule has 168 valence electrons. The van der Waals surface area contributed by atoms with E-state index in [0.717, 1.165) is 31.0 Å². The van der Waals surface area contributed by atoms with Crippen molar-refractivity contribution >= 4 is 40.3 Å². The van der Waals surface area contributed by atoms with Crippen LogP contribution in [0.25, 0.3) is 0 Å². The minimum Gasteiger partial charge on any atom is -0.490 e. The van der Waals surface area contributed by atoms with Crippen molar-refractivity contribution < 1.29 is 23.9 Å². The first kappa shape index (κ1) is 23.1. The maximum absolute atomic E-state index is 12.8. The number of rotatable bonds is 7. The number of anilines is 1. The Morgan fingerprint density at radius 3 is 2.68 bits per heavy atom. The molecule has 0 aromatic heterocycles. The maximum Gasteiger partial charge on any atom is 0.264 e. The summed E-state index contributed by atoms with van der Waals surface area (Å²) in [7, 11) is 0. The molecule has 0 bridgehead atoms. The molecule has 9 heteroatoms. The van der Waals surface area contributed by atoms with Crippen LogP contribution in [0.3, 0.4) is 0 Å². The third-order valence-corrected chi connectivity index (χ3v) is 6.58. The standard InChI is InChI=1S/C22H29N3O5S/c1-4-7-14(3)22(5-2)19(27)24-21(25-20(22)28)31-13-18(26)23-15-8-9-16-17(12-15)30-11-6-10-29-16/h8-9,12,14H,4-7,10-11,13H2,1-3H3,(H,23,26)(H,24,25,27,28). The number of nitrogens with zero attached hydrogens (tertiary/aromatic N) is 1. The van der Waals surface area contributed by atoms with E-state index in [1.807, 2.05) is 20.8 Å². The number of aliphatic imine (C=N–C) groups is 1. The molecule has 0 fully saturated rings. The van der Waals surface area contributed by atoms with Crippen LogP contribution in [0.5, 0.6) is 11.5 Å².